The predicted molar refractivity (Wildman–Crippen MR) is 85.2 cm³/mol. The summed E-state index contributed by atoms with van der Waals surface area (Å²) in [5.41, 5.74) is 6.00. The maximum absolute atomic E-state index is 12.7. The summed E-state index contributed by atoms with van der Waals surface area (Å²) in [6.07, 6.45) is 3.24. The highest BCUT2D eigenvalue weighted by Gasteiger charge is 2.27. The van der Waals surface area contributed by atoms with Crippen molar-refractivity contribution in [1.29, 1.82) is 0 Å². The number of hydrogen-bond donors (Lipinski definition) is 3. The van der Waals surface area contributed by atoms with Crippen LogP contribution in [0.4, 0.5) is 10.5 Å². The van der Waals surface area contributed by atoms with Crippen molar-refractivity contribution in [3.05, 3.63) is 29.8 Å². The number of rotatable bonds is 5. The number of nitrogens with zero attached hydrogens (tertiary/aromatic N) is 1. The van der Waals surface area contributed by atoms with Crippen LogP contribution in [0.15, 0.2) is 24.3 Å². The molecule has 0 aromatic heterocycles. The summed E-state index contributed by atoms with van der Waals surface area (Å²) < 4.78 is 0. The Morgan fingerprint density at radius 3 is 2.78 bits per heavy atom. The lowest BCUT2D eigenvalue weighted by atomic mass is 9.97. The standard InChI is InChI=1S/C16H21N3O4/c17-16(23)18-12-5-3-4-11(10-12)15(22)19-9-2-1-6-13(19)7-8-14(20)21/h3-5,10,13H,1-2,6-9H2,(H,20,21)(H3,17,18,23)/t13-/m1/s1. The number of primary amides is 1. The van der Waals surface area contributed by atoms with E-state index in [1.165, 1.54) is 0 Å². The van der Waals surface area contributed by atoms with Gasteiger partial charge in [-0.25, -0.2) is 4.79 Å². The van der Waals surface area contributed by atoms with Crippen molar-refractivity contribution in [3.63, 3.8) is 0 Å². The Hall–Kier alpha value is -2.57. The molecule has 0 spiro atoms. The second-order valence-corrected chi connectivity index (χ2v) is 5.65. The predicted octanol–water partition coefficient (Wildman–Crippen LogP) is 2.04. The minimum Gasteiger partial charge on any atom is -0.481 e. The second kappa shape index (κ2) is 7.62. The zero-order valence-corrected chi connectivity index (χ0v) is 12.8. The van der Waals surface area contributed by atoms with E-state index >= 15 is 0 Å². The third kappa shape index (κ3) is 4.70. The van der Waals surface area contributed by atoms with Crippen molar-refractivity contribution in [3.8, 4) is 0 Å². The van der Waals surface area contributed by atoms with Crippen molar-refractivity contribution in [1.82, 2.24) is 4.90 Å². The molecule has 0 saturated carbocycles. The van der Waals surface area contributed by atoms with E-state index in [1.54, 1.807) is 29.2 Å². The van der Waals surface area contributed by atoms with Gasteiger partial charge in [0, 0.05) is 30.3 Å². The number of piperidine rings is 1. The molecule has 0 bridgehead atoms. The Balaban J connectivity index is 2.13. The molecule has 1 atom stereocenters. The van der Waals surface area contributed by atoms with Gasteiger partial charge < -0.3 is 21.1 Å². The third-order valence-corrected chi connectivity index (χ3v) is 3.96. The van der Waals surface area contributed by atoms with Gasteiger partial charge in [-0.2, -0.15) is 0 Å². The number of urea groups is 1. The van der Waals surface area contributed by atoms with Crippen molar-refractivity contribution in [2.24, 2.45) is 5.73 Å². The van der Waals surface area contributed by atoms with E-state index in [0.29, 0.717) is 24.2 Å². The third-order valence-electron chi connectivity index (χ3n) is 3.96. The van der Waals surface area contributed by atoms with Gasteiger partial charge in [-0.3, -0.25) is 9.59 Å². The zero-order valence-electron chi connectivity index (χ0n) is 12.8. The van der Waals surface area contributed by atoms with E-state index in [4.69, 9.17) is 10.8 Å². The Bertz CT molecular complexity index is 603. The van der Waals surface area contributed by atoms with E-state index in [1.807, 2.05) is 0 Å². The molecule has 1 aromatic rings. The van der Waals surface area contributed by atoms with E-state index < -0.39 is 12.0 Å². The van der Waals surface area contributed by atoms with E-state index in [2.05, 4.69) is 5.32 Å². The first-order chi connectivity index (χ1) is 11.0. The number of carbonyl (C=O) groups is 3. The van der Waals surface area contributed by atoms with E-state index in [-0.39, 0.29) is 18.4 Å². The van der Waals surface area contributed by atoms with Gasteiger partial charge in [-0.15, -0.1) is 0 Å². The monoisotopic (exact) mass is 319 g/mol. The SMILES string of the molecule is NC(=O)Nc1cccc(C(=O)N2CCCC[C@@H]2CCC(=O)O)c1. The lowest BCUT2D eigenvalue weighted by molar-refractivity contribution is -0.137. The largest absolute Gasteiger partial charge is 0.481 e. The average Bonchev–Trinajstić information content (AvgIpc) is 2.52. The fraction of sp³-hybridized carbons (Fsp3) is 0.438. The van der Waals surface area contributed by atoms with Crippen LogP contribution < -0.4 is 11.1 Å². The van der Waals surface area contributed by atoms with Crippen LogP contribution in [0.5, 0.6) is 0 Å². The van der Waals surface area contributed by atoms with Gasteiger partial charge in [-0.05, 0) is 43.9 Å². The highest BCUT2D eigenvalue weighted by atomic mass is 16.4. The van der Waals surface area contributed by atoms with Gasteiger partial charge in [0.15, 0.2) is 0 Å². The summed E-state index contributed by atoms with van der Waals surface area (Å²) in [7, 11) is 0. The molecule has 0 unspecified atom stereocenters. The number of nitrogens with one attached hydrogen (secondary N) is 1. The first-order valence-electron chi connectivity index (χ1n) is 7.66. The number of hydrogen-bond acceptors (Lipinski definition) is 3. The summed E-state index contributed by atoms with van der Waals surface area (Å²) in [5.74, 6) is -0.996. The van der Waals surface area contributed by atoms with E-state index in [0.717, 1.165) is 19.3 Å². The van der Waals surface area contributed by atoms with Crippen LogP contribution in [0, 0.1) is 0 Å². The topological polar surface area (TPSA) is 113 Å². The molecule has 23 heavy (non-hydrogen) atoms. The summed E-state index contributed by atoms with van der Waals surface area (Å²) in [4.78, 5) is 36.2. The molecular weight excluding hydrogens is 298 g/mol. The van der Waals surface area contributed by atoms with Crippen LogP contribution in [0.25, 0.3) is 0 Å². The van der Waals surface area contributed by atoms with Crippen LogP contribution >= 0.6 is 0 Å². The molecule has 4 N–H and O–H groups in total. The van der Waals surface area contributed by atoms with E-state index in [9.17, 15) is 14.4 Å². The first kappa shape index (κ1) is 16.8. The van der Waals surface area contributed by atoms with Gasteiger partial charge in [0.1, 0.15) is 0 Å². The van der Waals surface area contributed by atoms with Gasteiger partial charge in [0.25, 0.3) is 5.91 Å². The molecule has 1 heterocycles. The fourth-order valence-corrected chi connectivity index (χ4v) is 2.90. The molecule has 0 aliphatic carbocycles. The van der Waals surface area contributed by atoms with Crippen LogP contribution in [0.2, 0.25) is 0 Å². The number of amides is 3. The van der Waals surface area contributed by atoms with Gasteiger partial charge in [0.2, 0.25) is 0 Å². The number of nitrogens with two attached hydrogens (primary N) is 1. The normalized spacial score (nSPS) is 17.6. The van der Waals surface area contributed by atoms with Gasteiger partial charge >= 0.3 is 12.0 Å². The Morgan fingerprint density at radius 2 is 2.09 bits per heavy atom. The van der Waals surface area contributed by atoms with Crippen LogP contribution in [-0.4, -0.2) is 40.5 Å². The van der Waals surface area contributed by atoms with Crippen molar-refractivity contribution >= 4 is 23.6 Å². The average molecular weight is 319 g/mol. The highest BCUT2D eigenvalue weighted by Crippen LogP contribution is 2.24. The molecule has 2 rings (SSSR count). The lowest BCUT2D eigenvalue weighted by Crippen LogP contribution is -2.44. The minimum atomic E-state index is -0.851. The summed E-state index contributed by atoms with van der Waals surface area (Å²) >= 11 is 0. The molecule has 1 aliphatic heterocycles. The highest BCUT2D eigenvalue weighted by molar-refractivity contribution is 5.97. The van der Waals surface area contributed by atoms with Crippen molar-refractivity contribution < 1.29 is 19.5 Å². The molecule has 3 amide bonds. The number of aliphatic carboxylic acids is 1. The second-order valence-electron chi connectivity index (χ2n) is 5.65. The number of benzene rings is 1. The molecule has 124 valence electrons. The number of anilines is 1. The summed E-state index contributed by atoms with van der Waals surface area (Å²) in [6, 6.07) is 5.84. The molecule has 1 saturated heterocycles. The number of carbonyl (C=O) groups excluding carboxylic acids is 2. The Labute approximate surface area is 134 Å². The maximum atomic E-state index is 12.7. The van der Waals surface area contributed by atoms with Crippen LogP contribution in [-0.2, 0) is 4.79 Å². The molecule has 1 fully saturated rings. The molecular formula is C16H21N3O4. The number of carboxylic acid groups (broad SMARTS) is 1. The van der Waals surface area contributed by atoms with Gasteiger partial charge in [0.05, 0.1) is 0 Å². The molecule has 1 aliphatic rings. The maximum Gasteiger partial charge on any atom is 0.316 e. The summed E-state index contributed by atoms with van der Waals surface area (Å²) in [6.45, 7) is 0.622. The molecule has 0 radical (unpaired) electrons. The minimum absolute atomic E-state index is 0.0533. The van der Waals surface area contributed by atoms with Crippen molar-refractivity contribution in [2.75, 3.05) is 11.9 Å². The Morgan fingerprint density at radius 1 is 1.30 bits per heavy atom. The zero-order chi connectivity index (χ0) is 16.8. The number of carboxylic acids is 1. The quantitative estimate of drug-likeness (QED) is 0.770. The van der Waals surface area contributed by atoms with Gasteiger partial charge in [-0.1, -0.05) is 6.07 Å². The Kier molecular flexibility index (Phi) is 5.56. The molecule has 7 heteroatoms. The summed E-state index contributed by atoms with van der Waals surface area (Å²) in [5, 5.41) is 11.3. The molecule has 7 nitrogen and oxygen atoms in total. The van der Waals surface area contributed by atoms with Crippen LogP contribution in [0.1, 0.15) is 42.5 Å². The molecule has 1 aromatic carbocycles. The van der Waals surface area contributed by atoms with Crippen molar-refractivity contribution in [2.45, 2.75) is 38.1 Å². The lowest BCUT2D eigenvalue weighted by Gasteiger charge is -2.35. The number of likely N-dealkylation sites (tertiary alicyclic amines) is 1. The first-order valence-corrected chi connectivity index (χ1v) is 7.66. The fourth-order valence-electron chi connectivity index (χ4n) is 2.90. The van der Waals surface area contributed by atoms with Crippen LogP contribution in [0.3, 0.4) is 0 Å². The smallest absolute Gasteiger partial charge is 0.316 e.